The van der Waals surface area contributed by atoms with E-state index in [4.69, 9.17) is 16.7 Å². The van der Waals surface area contributed by atoms with E-state index in [1.54, 1.807) is 6.07 Å². The zero-order valence-corrected chi connectivity index (χ0v) is 10.8. The van der Waals surface area contributed by atoms with Crippen LogP contribution in [0.3, 0.4) is 0 Å². The van der Waals surface area contributed by atoms with E-state index in [9.17, 15) is 9.59 Å². The number of carboxylic acids is 1. The van der Waals surface area contributed by atoms with Crippen LogP contribution in [-0.4, -0.2) is 21.8 Å². The Morgan fingerprint density at radius 1 is 1.32 bits per heavy atom. The van der Waals surface area contributed by atoms with Crippen LogP contribution in [-0.2, 0) is 9.59 Å². The largest absolute Gasteiger partial charge is 0.475 e. The van der Waals surface area contributed by atoms with Gasteiger partial charge in [-0.25, -0.2) is 9.78 Å². The first kappa shape index (κ1) is 13.2. The van der Waals surface area contributed by atoms with Crippen LogP contribution in [0.4, 0.5) is 0 Å². The van der Waals surface area contributed by atoms with E-state index in [0.717, 1.165) is 22.5 Å². The highest BCUT2D eigenvalue weighted by molar-refractivity contribution is 6.38. The van der Waals surface area contributed by atoms with Crippen molar-refractivity contribution in [1.29, 1.82) is 0 Å². The van der Waals surface area contributed by atoms with E-state index >= 15 is 0 Å². The van der Waals surface area contributed by atoms with Crippen LogP contribution in [0.1, 0.15) is 11.1 Å². The summed E-state index contributed by atoms with van der Waals surface area (Å²) in [6.07, 6.45) is 2.32. The molecule has 0 saturated heterocycles. The predicted octanol–water partition coefficient (Wildman–Crippen LogP) is 2.86. The van der Waals surface area contributed by atoms with E-state index in [2.05, 4.69) is 4.98 Å². The number of carbonyl (C=O) groups is 2. The zero-order chi connectivity index (χ0) is 14.0. The highest BCUT2D eigenvalue weighted by Crippen LogP contribution is 2.22. The van der Waals surface area contributed by atoms with E-state index in [-0.39, 0.29) is 5.15 Å². The topological polar surface area (TPSA) is 67.3 Å². The monoisotopic (exact) mass is 275 g/mol. The molecule has 0 radical (unpaired) electrons. The Hall–Kier alpha value is -2.20. The van der Waals surface area contributed by atoms with Gasteiger partial charge < -0.3 is 5.11 Å². The Kier molecular flexibility index (Phi) is 3.62. The highest BCUT2D eigenvalue weighted by Gasteiger charge is 2.07. The van der Waals surface area contributed by atoms with Crippen LogP contribution in [0.25, 0.3) is 17.0 Å². The zero-order valence-electron chi connectivity index (χ0n) is 10.1. The lowest BCUT2D eigenvalue weighted by Crippen LogP contribution is -2.08. The summed E-state index contributed by atoms with van der Waals surface area (Å²) in [6.45, 7) is 1.95. The summed E-state index contributed by atoms with van der Waals surface area (Å²) in [6, 6.07) is 7.49. The SMILES string of the molecule is Cc1ccc2cc(/C=C/C(=O)C(=O)O)c(Cl)nc2c1. The van der Waals surface area contributed by atoms with Crippen LogP contribution >= 0.6 is 11.6 Å². The first-order valence-corrected chi connectivity index (χ1v) is 5.87. The van der Waals surface area contributed by atoms with Gasteiger partial charge in [0.2, 0.25) is 0 Å². The molecule has 4 nitrogen and oxygen atoms in total. The molecule has 0 unspecified atom stereocenters. The molecule has 5 heteroatoms. The van der Waals surface area contributed by atoms with Gasteiger partial charge >= 0.3 is 5.97 Å². The molecule has 2 rings (SSSR count). The minimum Gasteiger partial charge on any atom is -0.475 e. The average molecular weight is 276 g/mol. The maximum absolute atomic E-state index is 11.0. The Balaban J connectivity index is 2.44. The Bertz CT molecular complexity index is 707. The summed E-state index contributed by atoms with van der Waals surface area (Å²) >= 11 is 6.00. The number of aryl methyl sites for hydroxylation is 1. The van der Waals surface area contributed by atoms with Crippen molar-refractivity contribution < 1.29 is 14.7 Å². The average Bonchev–Trinajstić information content (AvgIpc) is 2.35. The van der Waals surface area contributed by atoms with Gasteiger partial charge in [0.05, 0.1) is 5.52 Å². The van der Waals surface area contributed by atoms with Crippen molar-refractivity contribution in [3.8, 4) is 0 Å². The summed E-state index contributed by atoms with van der Waals surface area (Å²) < 4.78 is 0. The van der Waals surface area contributed by atoms with Crippen molar-refractivity contribution in [2.75, 3.05) is 0 Å². The molecular formula is C14H10ClNO3. The number of carbonyl (C=O) groups excluding carboxylic acids is 1. The number of carboxylic acid groups (broad SMARTS) is 1. The number of nitrogens with zero attached hydrogens (tertiary/aromatic N) is 1. The Labute approximate surface area is 114 Å². The number of hydrogen-bond donors (Lipinski definition) is 1. The third kappa shape index (κ3) is 2.98. The van der Waals surface area contributed by atoms with Gasteiger partial charge in [0.15, 0.2) is 0 Å². The third-order valence-corrected chi connectivity index (χ3v) is 2.88. The van der Waals surface area contributed by atoms with E-state index in [0.29, 0.717) is 5.56 Å². The van der Waals surface area contributed by atoms with E-state index < -0.39 is 11.8 Å². The van der Waals surface area contributed by atoms with Crippen LogP contribution in [0.2, 0.25) is 5.15 Å². The van der Waals surface area contributed by atoms with Gasteiger partial charge in [0, 0.05) is 10.9 Å². The molecule has 1 N–H and O–H groups in total. The number of halogens is 1. The third-order valence-electron chi connectivity index (χ3n) is 2.58. The summed E-state index contributed by atoms with van der Waals surface area (Å²) in [5.41, 5.74) is 2.33. The number of benzene rings is 1. The molecule has 1 heterocycles. The standard InChI is InChI=1S/C14H10ClNO3/c1-8-2-3-9-7-10(4-5-12(17)14(18)19)13(15)16-11(9)6-8/h2-7H,1H3,(H,18,19)/b5-4+. The van der Waals surface area contributed by atoms with Gasteiger partial charge in [-0.1, -0.05) is 23.7 Å². The fourth-order valence-corrected chi connectivity index (χ4v) is 1.83. The quantitative estimate of drug-likeness (QED) is 0.531. The second kappa shape index (κ2) is 5.20. The van der Waals surface area contributed by atoms with Gasteiger partial charge in [-0.15, -0.1) is 0 Å². The van der Waals surface area contributed by atoms with E-state index in [1.165, 1.54) is 6.08 Å². The molecule has 2 aromatic rings. The summed E-state index contributed by atoms with van der Waals surface area (Å²) in [4.78, 5) is 25.6. The summed E-state index contributed by atoms with van der Waals surface area (Å²) in [5.74, 6) is -2.50. The molecule has 0 atom stereocenters. The van der Waals surface area contributed by atoms with Crippen molar-refractivity contribution in [1.82, 2.24) is 4.98 Å². The second-order valence-electron chi connectivity index (χ2n) is 4.07. The number of aliphatic carboxylic acids is 1. The Morgan fingerprint density at radius 2 is 2.05 bits per heavy atom. The minimum absolute atomic E-state index is 0.229. The summed E-state index contributed by atoms with van der Waals surface area (Å²) in [7, 11) is 0. The fourth-order valence-electron chi connectivity index (χ4n) is 1.62. The van der Waals surface area contributed by atoms with Crippen LogP contribution < -0.4 is 0 Å². The number of ketones is 1. The lowest BCUT2D eigenvalue weighted by atomic mass is 10.1. The van der Waals surface area contributed by atoms with Crippen LogP contribution in [0, 0.1) is 6.92 Å². The van der Waals surface area contributed by atoms with Crippen molar-refractivity contribution in [2.24, 2.45) is 0 Å². The van der Waals surface area contributed by atoms with Crippen molar-refractivity contribution in [3.05, 3.63) is 46.6 Å². The Morgan fingerprint density at radius 3 is 2.74 bits per heavy atom. The maximum Gasteiger partial charge on any atom is 0.376 e. The fraction of sp³-hybridized carbons (Fsp3) is 0.0714. The van der Waals surface area contributed by atoms with Crippen molar-refractivity contribution in [3.63, 3.8) is 0 Å². The van der Waals surface area contributed by atoms with Gasteiger partial charge in [-0.3, -0.25) is 4.79 Å². The van der Waals surface area contributed by atoms with Crippen LogP contribution in [0.5, 0.6) is 0 Å². The maximum atomic E-state index is 11.0. The molecule has 0 aliphatic rings. The molecule has 0 saturated carbocycles. The molecular weight excluding hydrogens is 266 g/mol. The van der Waals surface area contributed by atoms with Gasteiger partial charge in [0.1, 0.15) is 5.15 Å². The highest BCUT2D eigenvalue weighted by atomic mass is 35.5. The van der Waals surface area contributed by atoms with Gasteiger partial charge in [-0.2, -0.15) is 0 Å². The number of pyridine rings is 1. The molecule has 0 spiro atoms. The molecule has 0 bridgehead atoms. The smallest absolute Gasteiger partial charge is 0.376 e. The van der Waals surface area contributed by atoms with Gasteiger partial charge in [0.25, 0.3) is 5.78 Å². The van der Waals surface area contributed by atoms with Crippen LogP contribution in [0.15, 0.2) is 30.3 Å². The lowest BCUT2D eigenvalue weighted by molar-refractivity contribution is -0.146. The molecule has 0 aliphatic carbocycles. The summed E-state index contributed by atoms with van der Waals surface area (Å²) in [5, 5.41) is 9.58. The predicted molar refractivity (Wildman–Crippen MR) is 73.2 cm³/mol. The molecule has 96 valence electrons. The normalized spacial score (nSPS) is 11.1. The second-order valence-corrected chi connectivity index (χ2v) is 4.43. The van der Waals surface area contributed by atoms with E-state index in [1.807, 2.05) is 25.1 Å². The van der Waals surface area contributed by atoms with Crippen molar-refractivity contribution >= 4 is 40.3 Å². The molecule has 0 aliphatic heterocycles. The first-order valence-electron chi connectivity index (χ1n) is 5.49. The number of rotatable bonds is 3. The molecule has 0 amide bonds. The van der Waals surface area contributed by atoms with Crippen molar-refractivity contribution in [2.45, 2.75) is 6.92 Å². The lowest BCUT2D eigenvalue weighted by Gasteiger charge is -2.03. The molecule has 0 fully saturated rings. The molecule has 19 heavy (non-hydrogen) atoms. The number of hydrogen-bond acceptors (Lipinski definition) is 3. The minimum atomic E-state index is -1.50. The molecule has 1 aromatic heterocycles. The van der Waals surface area contributed by atoms with Gasteiger partial charge in [-0.05, 0) is 36.8 Å². The number of fused-ring (bicyclic) bond motifs is 1. The first-order chi connectivity index (χ1) is 8.97. The number of aromatic nitrogens is 1. The molecule has 1 aromatic carbocycles.